The van der Waals surface area contributed by atoms with Crippen LogP contribution >= 0.6 is 23.2 Å². The Kier molecular flexibility index (Phi) is 14.3. The predicted molar refractivity (Wildman–Crippen MR) is 263 cm³/mol. The quantitative estimate of drug-likeness (QED) is 0.132. The Balaban J connectivity index is 1.15. The van der Waals surface area contributed by atoms with Crippen LogP contribution in [-0.4, -0.2) is 120 Å². The van der Waals surface area contributed by atoms with Gasteiger partial charge in [0.05, 0.1) is 13.2 Å². The molecule has 5 heterocycles. The summed E-state index contributed by atoms with van der Waals surface area (Å²) in [6.07, 6.45) is 2.82. The molecule has 3 amide bonds. The molecule has 9 rings (SSSR count). The maximum atomic E-state index is 15.4. The number of hydrogen-bond donors (Lipinski definition) is 1. The fourth-order valence-electron chi connectivity index (χ4n) is 11.2. The van der Waals surface area contributed by atoms with Gasteiger partial charge >= 0.3 is 0 Å². The number of halogens is 4. The standard InChI is InChI=1S/C53H59Cl2F2N7O4/c1-33-38(31-60-23-19-34(20-24-60)46-40(54)13-9-15-42(46)56)36-11-5-7-17-44(36)63(33)50(52(66)59(3)4)49(51(65)58-2)64-45-18-8-6-12-37(45)39(48(64)53(67)62-27-29-68-30-28-62)32-61-25-21-35(22-26-61)47-41(55)14-10-16-43(47)57/h5-18,34-35,49-50H,19-32H2,1-4H3,(H,58,65). The molecule has 0 aliphatic carbocycles. The number of hydrogen-bond acceptors (Lipinski definition) is 6. The van der Waals surface area contributed by atoms with Gasteiger partial charge in [-0.25, -0.2) is 8.78 Å². The second-order valence-electron chi connectivity index (χ2n) is 18.7. The smallest absolute Gasteiger partial charge is 0.271 e. The molecule has 68 heavy (non-hydrogen) atoms. The average Bonchev–Trinajstić information content (AvgIpc) is 3.80. The molecule has 0 bridgehead atoms. The van der Waals surface area contributed by atoms with E-state index in [-0.39, 0.29) is 35.3 Å². The molecule has 0 spiro atoms. The van der Waals surface area contributed by atoms with E-state index in [1.807, 2.05) is 58.5 Å². The maximum Gasteiger partial charge on any atom is 0.271 e. The Bertz CT molecular complexity index is 2800. The van der Waals surface area contributed by atoms with Crippen LogP contribution in [0.25, 0.3) is 21.8 Å². The third kappa shape index (κ3) is 9.04. The van der Waals surface area contributed by atoms with Gasteiger partial charge in [-0.2, -0.15) is 0 Å². The Morgan fingerprint density at radius 1 is 0.676 bits per heavy atom. The molecule has 0 saturated carbocycles. The number of likely N-dealkylation sites (N-methyl/N-ethyl adjacent to an activating group) is 2. The zero-order valence-electron chi connectivity index (χ0n) is 39.1. The summed E-state index contributed by atoms with van der Waals surface area (Å²) in [6.45, 7) is 7.15. The van der Waals surface area contributed by atoms with Crippen LogP contribution in [0.2, 0.25) is 10.0 Å². The molecule has 358 valence electrons. The molecular formula is C53H59Cl2F2N7O4. The molecule has 4 aromatic carbocycles. The molecule has 2 atom stereocenters. The fourth-order valence-corrected chi connectivity index (χ4v) is 11.8. The van der Waals surface area contributed by atoms with Gasteiger partial charge in [-0.3, -0.25) is 24.2 Å². The molecule has 6 aromatic rings. The summed E-state index contributed by atoms with van der Waals surface area (Å²) in [5.74, 6) is -1.62. The highest BCUT2D eigenvalue weighted by Gasteiger charge is 2.44. The summed E-state index contributed by atoms with van der Waals surface area (Å²) in [4.78, 5) is 53.7. The van der Waals surface area contributed by atoms with Crippen molar-refractivity contribution in [2.75, 3.05) is 73.6 Å². The van der Waals surface area contributed by atoms with E-state index in [0.717, 1.165) is 59.0 Å². The van der Waals surface area contributed by atoms with Crippen molar-refractivity contribution in [1.82, 2.24) is 34.1 Å². The van der Waals surface area contributed by atoms with Crippen molar-refractivity contribution in [3.8, 4) is 0 Å². The highest BCUT2D eigenvalue weighted by atomic mass is 35.5. The average molecular weight is 967 g/mol. The summed E-state index contributed by atoms with van der Waals surface area (Å²) < 4.78 is 39.7. The lowest BCUT2D eigenvalue weighted by molar-refractivity contribution is -0.138. The number of carbonyl (C=O) groups is 3. The van der Waals surface area contributed by atoms with E-state index in [2.05, 4.69) is 21.2 Å². The lowest BCUT2D eigenvalue weighted by Gasteiger charge is -2.35. The molecule has 3 saturated heterocycles. The second-order valence-corrected chi connectivity index (χ2v) is 19.5. The van der Waals surface area contributed by atoms with Gasteiger partial charge in [0.25, 0.3) is 5.91 Å². The first-order chi connectivity index (χ1) is 32.9. The zero-order valence-corrected chi connectivity index (χ0v) is 40.6. The number of carbonyl (C=O) groups excluding carboxylic acids is 3. The van der Waals surface area contributed by atoms with E-state index in [4.69, 9.17) is 27.9 Å². The summed E-state index contributed by atoms with van der Waals surface area (Å²) in [5, 5.41) is 5.57. The normalized spacial score (nSPS) is 17.7. The number of fused-ring (bicyclic) bond motifs is 2. The number of ether oxygens (including phenoxy) is 1. The largest absolute Gasteiger partial charge is 0.378 e. The van der Waals surface area contributed by atoms with Crippen molar-refractivity contribution in [3.05, 3.63) is 140 Å². The predicted octanol–water partition coefficient (Wildman–Crippen LogP) is 9.34. The first-order valence-electron chi connectivity index (χ1n) is 23.7. The molecule has 15 heteroatoms. The van der Waals surface area contributed by atoms with Crippen LogP contribution < -0.4 is 5.32 Å². The summed E-state index contributed by atoms with van der Waals surface area (Å²) in [6, 6.07) is 23.0. The van der Waals surface area contributed by atoms with Crippen LogP contribution in [0.5, 0.6) is 0 Å². The van der Waals surface area contributed by atoms with E-state index in [1.54, 1.807) is 50.3 Å². The van der Waals surface area contributed by atoms with Gasteiger partial charge in [0.15, 0.2) is 0 Å². The highest BCUT2D eigenvalue weighted by Crippen LogP contribution is 2.43. The number of nitrogens with zero attached hydrogens (tertiary/aromatic N) is 6. The van der Waals surface area contributed by atoms with E-state index in [1.165, 1.54) is 17.0 Å². The minimum atomic E-state index is -1.23. The van der Waals surface area contributed by atoms with Crippen LogP contribution in [0, 0.1) is 18.6 Å². The number of amides is 3. The Morgan fingerprint density at radius 2 is 1.16 bits per heavy atom. The van der Waals surface area contributed by atoms with Crippen LogP contribution in [0.4, 0.5) is 8.78 Å². The van der Waals surface area contributed by atoms with E-state index < -0.39 is 18.0 Å². The van der Waals surface area contributed by atoms with Crippen LogP contribution in [0.3, 0.4) is 0 Å². The molecule has 3 aliphatic heterocycles. The molecule has 2 unspecified atom stereocenters. The van der Waals surface area contributed by atoms with Gasteiger partial charge in [0.1, 0.15) is 29.4 Å². The summed E-state index contributed by atoms with van der Waals surface area (Å²) in [7, 11) is 4.96. The van der Waals surface area contributed by atoms with E-state index in [0.29, 0.717) is 97.7 Å². The lowest BCUT2D eigenvalue weighted by Crippen LogP contribution is -2.46. The number of aromatic nitrogens is 2. The third-order valence-corrected chi connectivity index (χ3v) is 15.3. The van der Waals surface area contributed by atoms with Crippen molar-refractivity contribution in [1.29, 1.82) is 0 Å². The number of benzene rings is 4. The summed E-state index contributed by atoms with van der Waals surface area (Å²) >= 11 is 13.1. The molecule has 2 aromatic heterocycles. The van der Waals surface area contributed by atoms with Crippen molar-refractivity contribution >= 4 is 62.7 Å². The first-order valence-corrected chi connectivity index (χ1v) is 24.5. The molecule has 0 radical (unpaired) electrons. The number of morpholine rings is 1. The zero-order chi connectivity index (χ0) is 47.8. The highest BCUT2D eigenvalue weighted by molar-refractivity contribution is 6.31. The minimum Gasteiger partial charge on any atom is -0.378 e. The fraction of sp³-hybridized carbons (Fsp3) is 0.415. The van der Waals surface area contributed by atoms with Crippen molar-refractivity contribution in [2.45, 2.75) is 69.6 Å². The van der Waals surface area contributed by atoms with Crippen molar-refractivity contribution < 1.29 is 27.9 Å². The van der Waals surface area contributed by atoms with Crippen LogP contribution in [0.15, 0.2) is 84.9 Å². The SMILES string of the molecule is CNC(=O)C(C(C(=O)N(C)C)n1c(C)c(CN2CCC(c3c(F)cccc3Cl)CC2)c2ccccc21)n1c(C(=O)N2CCOCC2)c(CN2CCC(c3c(F)cccc3Cl)CC2)c2ccccc21. The van der Waals surface area contributed by atoms with Gasteiger partial charge < -0.3 is 29.0 Å². The number of likely N-dealkylation sites (tertiary alicyclic amines) is 2. The Hall–Kier alpha value is -5.31. The maximum absolute atomic E-state index is 15.4. The van der Waals surface area contributed by atoms with Crippen molar-refractivity contribution in [3.63, 3.8) is 0 Å². The molecule has 3 aliphatic rings. The Labute approximate surface area is 406 Å². The number of para-hydroxylation sites is 2. The van der Waals surface area contributed by atoms with Crippen molar-refractivity contribution in [2.24, 2.45) is 0 Å². The number of nitrogens with one attached hydrogen (secondary N) is 1. The van der Waals surface area contributed by atoms with Crippen LogP contribution in [0.1, 0.15) is 88.0 Å². The van der Waals surface area contributed by atoms with Gasteiger partial charge in [-0.15, -0.1) is 0 Å². The molecule has 11 nitrogen and oxygen atoms in total. The summed E-state index contributed by atoms with van der Waals surface area (Å²) in [5.41, 5.74) is 5.54. The topological polar surface area (TPSA) is 95.3 Å². The number of piperidine rings is 2. The minimum absolute atomic E-state index is 0.00163. The Morgan fingerprint density at radius 3 is 1.66 bits per heavy atom. The van der Waals surface area contributed by atoms with Crippen LogP contribution in [-0.2, 0) is 27.4 Å². The second kappa shape index (κ2) is 20.3. The lowest BCUT2D eigenvalue weighted by atomic mass is 9.88. The van der Waals surface area contributed by atoms with E-state index in [9.17, 15) is 0 Å². The first kappa shape index (κ1) is 47.7. The molecule has 1 N–H and O–H groups in total. The van der Waals surface area contributed by atoms with Gasteiger partial charge in [0, 0.05) is 102 Å². The number of rotatable bonds is 12. The van der Waals surface area contributed by atoms with E-state index >= 15 is 23.2 Å². The molecule has 3 fully saturated rings. The van der Waals surface area contributed by atoms with Gasteiger partial charge in [0.2, 0.25) is 11.8 Å². The monoisotopic (exact) mass is 965 g/mol. The molecular weight excluding hydrogens is 908 g/mol. The third-order valence-electron chi connectivity index (χ3n) is 14.6. The van der Waals surface area contributed by atoms with Gasteiger partial charge in [-0.1, -0.05) is 71.7 Å². The van der Waals surface area contributed by atoms with Gasteiger partial charge in [-0.05, 0) is 113 Å².